The van der Waals surface area contributed by atoms with Crippen molar-refractivity contribution in [1.82, 2.24) is 29.8 Å². The summed E-state index contributed by atoms with van der Waals surface area (Å²) in [6, 6.07) is 8.24. The third-order valence-electron chi connectivity index (χ3n) is 7.07. The smallest absolute Gasteiger partial charge is 0.258 e. The molecule has 0 unspecified atom stereocenters. The van der Waals surface area contributed by atoms with Crippen molar-refractivity contribution in [3.05, 3.63) is 42.2 Å². The molecule has 1 amide bonds. The number of aromatic nitrogens is 4. The number of anilines is 2. The highest BCUT2D eigenvalue weighted by atomic mass is 16.5. The first-order valence-corrected chi connectivity index (χ1v) is 12.0. The van der Waals surface area contributed by atoms with Crippen LogP contribution in [0.3, 0.4) is 0 Å². The lowest BCUT2D eigenvalue weighted by atomic mass is 10.0. The van der Waals surface area contributed by atoms with Crippen molar-refractivity contribution in [2.24, 2.45) is 14.1 Å². The number of amides is 1. The Morgan fingerprint density at radius 2 is 1.86 bits per heavy atom. The summed E-state index contributed by atoms with van der Waals surface area (Å²) in [7, 11) is 5.35. The van der Waals surface area contributed by atoms with Crippen LogP contribution in [0.25, 0.3) is 21.8 Å². The van der Waals surface area contributed by atoms with Crippen LogP contribution in [-0.4, -0.2) is 82.8 Å². The first-order chi connectivity index (χ1) is 17.0. The molecule has 0 aliphatic carbocycles. The number of benzene rings is 2. The van der Waals surface area contributed by atoms with Crippen molar-refractivity contribution >= 4 is 39.1 Å². The van der Waals surface area contributed by atoms with Crippen molar-refractivity contribution in [2.75, 3.05) is 56.6 Å². The monoisotopic (exact) mass is 474 g/mol. The van der Waals surface area contributed by atoms with Gasteiger partial charge in [0.2, 0.25) is 0 Å². The minimum absolute atomic E-state index is 0.218. The number of nitrogens with zero attached hydrogens (tertiary/aromatic N) is 6. The molecule has 0 bridgehead atoms. The van der Waals surface area contributed by atoms with Crippen LogP contribution in [0.15, 0.2) is 36.7 Å². The zero-order valence-electron chi connectivity index (χ0n) is 20.3. The SMILES string of the molecule is COc1cc2nn(C)cc2cc1NC(=O)c1ccc(N2CC(N3CCNCC3)C2)c2cn(C)nc12. The number of fused-ring (bicyclic) bond motifs is 2. The van der Waals surface area contributed by atoms with Gasteiger partial charge < -0.3 is 20.3 Å². The molecule has 2 fully saturated rings. The number of rotatable bonds is 5. The van der Waals surface area contributed by atoms with E-state index in [1.54, 1.807) is 16.5 Å². The van der Waals surface area contributed by atoms with E-state index in [0.29, 0.717) is 28.6 Å². The van der Waals surface area contributed by atoms with Gasteiger partial charge in [-0.25, -0.2) is 0 Å². The maximum absolute atomic E-state index is 13.4. The van der Waals surface area contributed by atoms with Crippen LogP contribution in [0.2, 0.25) is 0 Å². The zero-order valence-corrected chi connectivity index (χ0v) is 20.3. The Morgan fingerprint density at radius 3 is 2.63 bits per heavy atom. The molecule has 0 radical (unpaired) electrons. The van der Waals surface area contributed by atoms with Crippen molar-refractivity contribution < 1.29 is 9.53 Å². The molecule has 2 N–H and O–H groups in total. The number of nitrogens with one attached hydrogen (secondary N) is 2. The second kappa shape index (κ2) is 8.54. The molecule has 4 heterocycles. The Morgan fingerprint density at radius 1 is 1.09 bits per heavy atom. The normalized spacial score (nSPS) is 17.2. The van der Waals surface area contributed by atoms with E-state index < -0.39 is 0 Å². The van der Waals surface area contributed by atoms with E-state index in [1.807, 2.05) is 44.7 Å². The number of aryl methyl sites for hydroxylation is 2. The fraction of sp³-hybridized carbons (Fsp3) is 0.400. The predicted molar refractivity (Wildman–Crippen MR) is 136 cm³/mol. The minimum atomic E-state index is -0.218. The minimum Gasteiger partial charge on any atom is -0.494 e. The lowest BCUT2D eigenvalue weighted by molar-refractivity contribution is 0.102. The lowest BCUT2D eigenvalue weighted by Crippen LogP contribution is -2.62. The van der Waals surface area contributed by atoms with Gasteiger partial charge >= 0.3 is 0 Å². The summed E-state index contributed by atoms with van der Waals surface area (Å²) < 4.78 is 9.05. The summed E-state index contributed by atoms with van der Waals surface area (Å²) in [5.74, 6) is 0.349. The van der Waals surface area contributed by atoms with Gasteiger partial charge in [0.1, 0.15) is 11.3 Å². The molecule has 2 aromatic carbocycles. The van der Waals surface area contributed by atoms with E-state index in [0.717, 1.165) is 61.2 Å². The van der Waals surface area contributed by atoms with Crippen molar-refractivity contribution in [3.63, 3.8) is 0 Å². The maximum atomic E-state index is 13.4. The van der Waals surface area contributed by atoms with Gasteiger partial charge in [0.15, 0.2) is 0 Å². The topological polar surface area (TPSA) is 92.5 Å². The molecule has 2 saturated heterocycles. The van der Waals surface area contributed by atoms with Crippen LogP contribution in [0, 0.1) is 0 Å². The van der Waals surface area contributed by atoms with Crippen LogP contribution in [0.5, 0.6) is 5.75 Å². The number of hydrogen-bond acceptors (Lipinski definition) is 7. The van der Waals surface area contributed by atoms with Gasteiger partial charge in [-0.2, -0.15) is 10.2 Å². The summed E-state index contributed by atoms with van der Waals surface area (Å²) in [5.41, 5.74) is 3.79. The standard InChI is InChI=1S/C25H30N8O2/c1-30-12-16-10-21(23(35-3)11-20(16)28-30)27-25(34)18-4-5-22(19-15-31(2)29-24(18)19)33-13-17(14-33)32-8-6-26-7-9-32/h4-5,10-12,15,17,26H,6-9,13-14H2,1-3H3,(H,27,34). The highest BCUT2D eigenvalue weighted by Crippen LogP contribution is 2.34. The van der Waals surface area contributed by atoms with Crippen LogP contribution in [-0.2, 0) is 14.1 Å². The number of ether oxygens (including phenoxy) is 1. The highest BCUT2D eigenvalue weighted by Gasteiger charge is 2.34. The van der Waals surface area contributed by atoms with E-state index in [-0.39, 0.29) is 5.91 Å². The summed E-state index contributed by atoms with van der Waals surface area (Å²) in [4.78, 5) is 18.4. The van der Waals surface area contributed by atoms with Crippen LogP contribution < -0.4 is 20.3 Å². The average molecular weight is 475 g/mol. The Bertz CT molecular complexity index is 1410. The van der Waals surface area contributed by atoms with Gasteiger partial charge in [0.25, 0.3) is 5.91 Å². The fourth-order valence-corrected chi connectivity index (χ4v) is 5.23. The first-order valence-electron chi connectivity index (χ1n) is 12.0. The van der Waals surface area contributed by atoms with Gasteiger partial charge in [0.05, 0.1) is 23.9 Å². The van der Waals surface area contributed by atoms with E-state index >= 15 is 0 Å². The molecule has 2 aromatic heterocycles. The molecule has 0 spiro atoms. The largest absolute Gasteiger partial charge is 0.494 e. The van der Waals surface area contributed by atoms with Gasteiger partial charge in [-0.05, 0) is 18.2 Å². The first kappa shape index (κ1) is 21.9. The molecular weight excluding hydrogens is 444 g/mol. The summed E-state index contributed by atoms with van der Waals surface area (Å²) in [5, 5.41) is 17.4. The quantitative estimate of drug-likeness (QED) is 0.456. The molecule has 6 rings (SSSR count). The van der Waals surface area contributed by atoms with Crippen LogP contribution in [0.4, 0.5) is 11.4 Å². The van der Waals surface area contributed by atoms with Gasteiger partial charge in [0, 0.05) is 94.3 Å². The lowest BCUT2D eigenvalue weighted by Gasteiger charge is -2.48. The number of piperazine rings is 1. The molecule has 10 heteroatoms. The summed E-state index contributed by atoms with van der Waals surface area (Å²) in [6.07, 6.45) is 3.92. The van der Waals surface area contributed by atoms with E-state index in [4.69, 9.17) is 4.74 Å². The molecule has 4 aromatic rings. The second-order valence-corrected chi connectivity index (χ2v) is 9.41. The molecule has 0 atom stereocenters. The molecular formula is C25H30N8O2. The average Bonchev–Trinajstić information content (AvgIpc) is 3.39. The van der Waals surface area contributed by atoms with Gasteiger partial charge in [-0.15, -0.1) is 0 Å². The van der Waals surface area contributed by atoms with E-state index in [2.05, 4.69) is 36.7 Å². The summed E-state index contributed by atoms with van der Waals surface area (Å²) in [6.45, 7) is 6.33. The molecule has 10 nitrogen and oxygen atoms in total. The molecule has 2 aliphatic heterocycles. The fourth-order valence-electron chi connectivity index (χ4n) is 5.23. The van der Waals surface area contributed by atoms with Crippen LogP contribution >= 0.6 is 0 Å². The maximum Gasteiger partial charge on any atom is 0.258 e. The number of carbonyl (C=O) groups is 1. The van der Waals surface area contributed by atoms with Crippen LogP contribution in [0.1, 0.15) is 10.4 Å². The third-order valence-corrected chi connectivity index (χ3v) is 7.07. The number of carbonyl (C=O) groups excluding carboxylic acids is 1. The Kier molecular flexibility index (Phi) is 5.34. The molecule has 35 heavy (non-hydrogen) atoms. The van der Waals surface area contributed by atoms with Crippen molar-refractivity contribution in [2.45, 2.75) is 6.04 Å². The highest BCUT2D eigenvalue weighted by molar-refractivity contribution is 6.14. The Balaban J connectivity index is 1.27. The van der Waals surface area contributed by atoms with Crippen molar-refractivity contribution in [3.8, 4) is 5.75 Å². The Labute approximate surface area is 203 Å². The molecule has 0 saturated carbocycles. The molecule has 182 valence electrons. The summed E-state index contributed by atoms with van der Waals surface area (Å²) >= 11 is 0. The van der Waals surface area contributed by atoms with Crippen molar-refractivity contribution in [1.29, 1.82) is 0 Å². The second-order valence-electron chi connectivity index (χ2n) is 9.41. The molecule has 2 aliphatic rings. The van der Waals surface area contributed by atoms with Gasteiger partial charge in [-0.1, -0.05) is 0 Å². The Hall–Kier alpha value is -3.63. The van der Waals surface area contributed by atoms with Gasteiger partial charge in [-0.3, -0.25) is 19.1 Å². The predicted octanol–water partition coefficient (Wildman–Crippen LogP) is 1.81. The number of hydrogen-bond donors (Lipinski definition) is 2. The third kappa shape index (κ3) is 3.88. The van der Waals surface area contributed by atoms with E-state index in [1.165, 1.54) is 0 Å². The zero-order chi connectivity index (χ0) is 24.1. The number of methoxy groups -OCH3 is 1. The van der Waals surface area contributed by atoms with E-state index in [9.17, 15) is 4.79 Å².